The van der Waals surface area contributed by atoms with E-state index in [0.29, 0.717) is 13.0 Å². The number of nitrogens with one attached hydrogen (secondary N) is 2. The van der Waals surface area contributed by atoms with Gasteiger partial charge in [-0.05, 0) is 37.1 Å². The second-order valence-corrected chi connectivity index (χ2v) is 7.61. The summed E-state index contributed by atoms with van der Waals surface area (Å²) >= 11 is 0. The number of amides is 1. The SMILES string of the molecule is CCS(=O)(=O)Nc1cc(C(=O)O)cc(C(=O)NCCc2ccccc2)c1. The van der Waals surface area contributed by atoms with E-state index in [-0.39, 0.29) is 22.6 Å². The molecule has 2 aromatic rings. The first-order valence-electron chi connectivity index (χ1n) is 8.01. The van der Waals surface area contributed by atoms with Gasteiger partial charge in [-0.25, -0.2) is 13.2 Å². The predicted molar refractivity (Wildman–Crippen MR) is 99.0 cm³/mol. The lowest BCUT2D eigenvalue weighted by Crippen LogP contribution is -2.26. The van der Waals surface area contributed by atoms with Crippen LogP contribution < -0.4 is 10.0 Å². The van der Waals surface area contributed by atoms with Crippen molar-refractivity contribution < 1.29 is 23.1 Å². The van der Waals surface area contributed by atoms with Crippen LogP contribution in [0.5, 0.6) is 0 Å². The van der Waals surface area contributed by atoms with E-state index in [1.807, 2.05) is 30.3 Å². The fourth-order valence-corrected chi connectivity index (χ4v) is 2.88. The molecule has 0 heterocycles. The number of sulfonamides is 1. The second kappa shape index (κ2) is 8.48. The Labute approximate surface area is 152 Å². The summed E-state index contributed by atoms with van der Waals surface area (Å²) in [6.07, 6.45) is 0.626. The lowest BCUT2D eigenvalue weighted by molar-refractivity contribution is 0.0697. The van der Waals surface area contributed by atoms with Gasteiger partial charge in [-0.3, -0.25) is 9.52 Å². The second-order valence-electron chi connectivity index (χ2n) is 5.60. The Kier molecular flexibility index (Phi) is 6.35. The predicted octanol–water partition coefficient (Wildman–Crippen LogP) is 2.12. The van der Waals surface area contributed by atoms with E-state index in [0.717, 1.165) is 5.56 Å². The van der Waals surface area contributed by atoms with E-state index in [9.17, 15) is 23.1 Å². The van der Waals surface area contributed by atoms with E-state index in [1.165, 1.54) is 25.1 Å². The average molecular weight is 376 g/mol. The summed E-state index contributed by atoms with van der Waals surface area (Å²) < 4.78 is 25.7. The number of carbonyl (C=O) groups excluding carboxylic acids is 1. The first-order valence-corrected chi connectivity index (χ1v) is 9.67. The fourth-order valence-electron chi connectivity index (χ4n) is 2.26. The monoisotopic (exact) mass is 376 g/mol. The molecule has 0 aliphatic rings. The molecule has 1 amide bonds. The van der Waals surface area contributed by atoms with E-state index in [4.69, 9.17) is 0 Å². The van der Waals surface area contributed by atoms with Crippen LogP contribution in [-0.4, -0.2) is 37.7 Å². The maximum Gasteiger partial charge on any atom is 0.335 e. The van der Waals surface area contributed by atoms with Crippen molar-refractivity contribution in [2.75, 3.05) is 17.0 Å². The summed E-state index contributed by atoms with van der Waals surface area (Å²) in [6, 6.07) is 13.3. The molecule has 0 unspecified atom stereocenters. The molecule has 0 aromatic heterocycles. The first-order chi connectivity index (χ1) is 12.3. The molecular weight excluding hydrogens is 356 g/mol. The molecule has 0 aliphatic carbocycles. The minimum Gasteiger partial charge on any atom is -0.478 e. The molecule has 0 saturated carbocycles. The Morgan fingerprint density at radius 2 is 1.69 bits per heavy atom. The van der Waals surface area contributed by atoms with Gasteiger partial charge in [0.1, 0.15) is 0 Å². The van der Waals surface area contributed by atoms with Gasteiger partial charge in [0.15, 0.2) is 0 Å². The van der Waals surface area contributed by atoms with Crippen LogP contribution in [0.4, 0.5) is 5.69 Å². The molecule has 0 radical (unpaired) electrons. The van der Waals surface area contributed by atoms with Crippen LogP contribution in [0.15, 0.2) is 48.5 Å². The van der Waals surface area contributed by atoms with E-state index >= 15 is 0 Å². The molecule has 0 aliphatic heterocycles. The summed E-state index contributed by atoms with van der Waals surface area (Å²) in [5, 5.41) is 11.9. The third-order valence-corrected chi connectivity index (χ3v) is 4.94. The summed E-state index contributed by atoms with van der Waals surface area (Å²) in [5.41, 5.74) is 1.00. The van der Waals surface area contributed by atoms with Crippen LogP contribution in [0, 0.1) is 0 Å². The summed E-state index contributed by atoms with van der Waals surface area (Å²) in [7, 11) is -3.59. The van der Waals surface area contributed by atoms with Gasteiger partial charge in [0.25, 0.3) is 5.91 Å². The number of anilines is 1. The van der Waals surface area contributed by atoms with Gasteiger partial charge in [0.05, 0.1) is 17.0 Å². The zero-order chi connectivity index (χ0) is 19.2. The summed E-state index contributed by atoms with van der Waals surface area (Å²) in [5.74, 6) is -1.88. The quantitative estimate of drug-likeness (QED) is 0.653. The van der Waals surface area contributed by atoms with Gasteiger partial charge >= 0.3 is 5.97 Å². The first kappa shape index (κ1) is 19.5. The third-order valence-electron chi connectivity index (χ3n) is 3.64. The maximum absolute atomic E-state index is 12.3. The third kappa shape index (κ3) is 5.59. The molecule has 0 saturated heterocycles. The van der Waals surface area contributed by atoms with Crippen molar-refractivity contribution in [3.05, 3.63) is 65.2 Å². The fraction of sp³-hybridized carbons (Fsp3) is 0.222. The summed E-state index contributed by atoms with van der Waals surface area (Å²) in [6.45, 7) is 1.83. The van der Waals surface area contributed by atoms with Gasteiger partial charge < -0.3 is 10.4 Å². The molecule has 2 aromatic carbocycles. The van der Waals surface area contributed by atoms with E-state index in [1.54, 1.807) is 0 Å². The van der Waals surface area contributed by atoms with Gasteiger partial charge in [0.2, 0.25) is 10.0 Å². The Morgan fingerprint density at radius 1 is 1.04 bits per heavy atom. The highest BCUT2D eigenvalue weighted by Crippen LogP contribution is 2.17. The van der Waals surface area contributed by atoms with E-state index < -0.39 is 21.9 Å². The molecule has 8 heteroatoms. The molecule has 26 heavy (non-hydrogen) atoms. The van der Waals surface area contributed by atoms with Crippen molar-refractivity contribution in [2.45, 2.75) is 13.3 Å². The van der Waals surface area contributed by atoms with Crippen LogP contribution >= 0.6 is 0 Å². The highest BCUT2D eigenvalue weighted by atomic mass is 32.2. The zero-order valence-corrected chi connectivity index (χ0v) is 15.0. The number of benzene rings is 2. The molecular formula is C18H20N2O5S. The number of rotatable bonds is 8. The number of hydrogen-bond donors (Lipinski definition) is 3. The van der Waals surface area contributed by atoms with Crippen molar-refractivity contribution >= 4 is 27.6 Å². The highest BCUT2D eigenvalue weighted by molar-refractivity contribution is 7.92. The van der Waals surface area contributed by atoms with Gasteiger partial charge in [0, 0.05) is 12.1 Å². The molecule has 7 nitrogen and oxygen atoms in total. The Hall–Kier alpha value is -2.87. The molecule has 2 rings (SSSR count). The minimum absolute atomic E-state index is 0.0416. The topological polar surface area (TPSA) is 113 Å². The van der Waals surface area contributed by atoms with Crippen molar-refractivity contribution in [1.29, 1.82) is 0 Å². The number of carbonyl (C=O) groups is 2. The van der Waals surface area contributed by atoms with Crippen LogP contribution in [0.2, 0.25) is 0 Å². The van der Waals surface area contributed by atoms with Crippen molar-refractivity contribution in [1.82, 2.24) is 5.32 Å². The lowest BCUT2D eigenvalue weighted by Gasteiger charge is -2.10. The van der Waals surface area contributed by atoms with Crippen LogP contribution in [0.3, 0.4) is 0 Å². The van der Waals surface area contributed by atoms with Crippen LogP contribution in [0.25, 0.3) is 0 Å². The van der Waals surface area contributed by atoms with Crippen molar-refractivity contribution in [2.24, 2.45) is 0 Å². The maximum atomic E-state index is 12.3. The molecule has 0 atom stereocenters. The minimum atomic E-state index is -3.59. The number of aromatic carboxylic acids is 1. The lowest BCUT2D eigenvalue weighted by atomic mass is 10.1. The number of hydrogen-bond acceptors (Lipinski definition) is 4. The smallest absolute Gasteiger partial charge is 0.335 e. The van der Waals surface area contributed by atoms with Gasteiger partial charge in [-0.2, -0.15) is 0 Å². The number of carboxylic acid groups (broad SMARTS) is 1. The van der Waals surface area contributed by atoms with Crippen molar-refractivity contribution in [3.8, 4) is 0 Å². The Balaban J connectivity index is 2.14. The van der Waals surface area contributed by atoms with Crippen LogP contribution in [-0.2, 0) is 16.4 Å². The molecule has 0 fully saturated rings. The summed E-state index contributed by atoms with van der Waals surface area (Å²) in [4.78, 5) is 23.6. The Bertz CT molecular complexity index is 895. The average Bonchev–Trinajstić information content (AvgIpc) is 2.62. The molecule has 0 bridgehead atoms. The molecule has 0 spiro atoms. The molecule has 138 valence electrons. The standard InChI is InChI=1S/C18H20N2O5S/c1-2-26(24,25)20-16-11-14(10-15(12-16)18(22)23)17(21)19-9-8-13-6-4-3-5-7-13/h3-7,10-12,20H,2,8-9H2,1H3,(H,19,21)(H,22,23). The van der Waals surface area contributed by atoms with Crippen molar-refractivity contribution in [3.63, 3.8) is 0 Å². The van der Waals surface area contributed by atoms with Crippen LogP contribution in [0.1, 0.15) is 33.2 Å². The molecule has 3 N–H and O–H groups in total. The largest absolute Gasteiger partial charge is 0.478 e. The highest BCUT2D eigenvalue weighted by Gasteiger charge is 2.15. The number of carboxylic acids is 1. The normalized spacial score (nSPS) is 11.0. The van der Waals surface area contributed by atoms with Gasteiger partial charge in [-0.1, -0.05) is 30.3 Å². The van der Waals surface area contributed by atoms with E-state index in [2.05, 4.69) is 10.0 Å². The zero-order valence-electron chi connectivity index (χ0n) is 14.2. The van der Waals surface area contributed by atoms with Gasteiger partial charge in [-0.15, -0.1) is 0 Å². The Morgan fingerprint density at radius 3 is 2.31 bits per heavy atom.